The van der Waals surface area contributed by atoms with Crippen molar-refractivity contribution in [2.45, 2.75) is 238 Å². The second-order valence-corrected chi connectivity index (χ2v) is 18.4. The Morgan fingerprint density at radius 2 is 0.903 bits per heavy atom. The first-order chi connectivity index (χ1) is 30.1. The van der Waals surface area contributed by atoms with E-state index < -0.39 is 18.1 Å². The Labute approximate surface area is 382 Å². The molecule has 0 aliphatic heterocycles. The summed E-state index contributed by atoms with van der Waals surface area (Å²) in [7, 11) is 5.41. The first kappa shape index (κ1) is 59.3. The van der Waals surface area contributed by atoms with Gasteiger partial charge >= 0.3 is 11.9 Å². The van der Waals surface area contributed by atoms with E-state index >= 15 is 0 Å². The molecule has 0 saturated carbocycles. The summed E-state index contributed by atoms with van der Waals surface area (Å²) in [5, 5.41) is 11.7. The van der Waals surface area contributed by atoms with E-state index in [1.54, 1.807) is 21.1 Å². The first-order valence-corrected chi connectivity index (χ1v) is 25.7. The number of unbranched alkanes of at least 4 members (excludes halogenated alkanes) is 24. The molecule has 62 heavy (non-hydrogen) atoms. The average molecular weight is 872 g/mol. The van der Waals surface area contributed by atoms with E-state index in [1.807, 2.05) is 0 Å². The highest BCUT2D eigenvalue weighted by Gasteiger charge is 2.25. The topological polar surface area (TPSA) is 102 Å². The molecule has 0 aromatic rings. The van der Waals surface area contributed by atoms with Crippen molar-refractivity contribution in [2.75, 3.05) is 41.0 Å². The zero-order chi connectivity index (χ0) is 45.6. The molecule has 0 rings (SSSR count). The summed E-state index contributed by atoms with van der Waals surface area (Å²) in [6.07, 6.45) is 54.2. The van der Waals surface area contributed by atoms with Crippen LogP contribution in [0.5, 0.6) is 0 Å². The van der Waals surface area contributed by atoms with E-state index in [0.29, 0.717) is 12.8 Å². The van der Waals surface area contributed by atoms with E-state index in [1.165, 1.54) is 116 Å². The maximum Gasteiger partial charge on any atom is 0.306 e. The van der Waals surface area contributed by atoms with Gasteiger partial charge in [0.2, 0.25) is 0 Å². The molecule has 2 atom stereocenters. The van der Waals surface area contributed by atoms with Crippen LogP contribution >= 0.6 is 0 Å². The summed E-state index contributed by atoms with van der Waals surface area (Å²) >= 11 is 0. The lowest BCUT2D eigenvalue weighted by Gasteiger charge is -2.34. The summed E-state index contributed by atoms with van der Waals surface area (Å²) in [6.45, 7) is 4.56. The number of rotatable bonds is 46. The minimum Gasteiger partial charge on any atom is -0.544 e. The predicted molar refractivity (Wildman–Crippen MR) is 259 cm³/mol. The van der Waals surface area contributed by atoms with Crippen LogP contribution in [0.25, 0.3) is 0 Å². The SMILES string of the molecule is CC/C=C/C/C=C/C/C=C/C/C=C/CCCCCCCCC(=O)OCC(COCCC(C(=O)[O-])[N+](C)(C)C)OC(=O)CCCCCCCCCCCCCCCCCCCCC. The Balaban J connectivity index is 4.26. The number of aliphatic carboxylic acids is 1. The van der Waals surface area contributed by atoms with Crippen molar-refractivity contribution in [3.8, 4) is 0 Å². The molecule has 2 unspecified atom stereocenters. The average Bonchev–Trinajstić information content (AvgIpc) is 3.23. The number of hydrogen-bond acceptors (Lipinski definition) is 7. The second-order valence-electron chi connectivity index (χ2n) is 18.4. The molecule has 0 saturated heterocycles. The summed E-state index contributed by atoms with van der Waals surface area (Å²) < 4.78 is 17.2. The molecule has 0 N–H and O–H groups in total. The Kier molecular flexibility index (Phi) is 42.9. The van der Waals surface area contributed by atoms with Crippen LogP contribution in [-0.4, -0.2) is 75.5 Å². The third-order valence-electron chi connectivity index (χ3n) is 11.5. The van der Waals surface area contributed by atoms with Gasteiger partial charge in [0, 0.05) is 19.3 Å². The fraction of sp³-hybridized carbons (Fsp3) is 0.796. The Morgan fingerprint density at radius 3 is 1.34 bits per heavy atom. The lowest BCUT2D eigenvalue weighted by Crippen LogP contribution is -2.55. The molecule has 0 aliphatic carbocycles. The van der Waals surface area contributed by atoms with Crippen molar-refractivity contribution in [1.29, 1.82) is 0 Å². The zero-order valence-electron chi connectivity index (χ0n) is 41.0. The maximum atomic E-state index is 12.8. The van der Waals surface area contributed by atoms with Gasteiger partial charge in [-0.1, -0.05) is 204 Å². The third-order valence-corrected chi connectivity index (χ3v) is 11.5. The van der Waals surface area contributed by atoms with Gasteiger partial charge in [-0.15, -0.1) is 0 Å². The quantitative estimate of drug-likeness (QED) is 0.0260. The minimum atomic E-state index is -1.13. The van der Waals surface area contributed by atoms with Crippen molar-refractivity contribution in [1.82, 2.24) is 0 Å². The molecule has 0 bridgehead atoms. The van der Waals surface area contributed by atoms with Gasteiger partial charge in [0.05, 0.1) is 40.3 Å². The van der Waals surface area contributed by atoms with Crippen LogP contribution in [0.2, 0.25) is 0 Å². The largest absolute Gasteiger partial charge is 0.544 e. The summed E-state index contributed by atoms with van der Waals surface area (Å²) in [5.41, 5.74) is 0. The van der Waals surface area contributed by atoms with Crippen LogP contribution in [0.3, 0.4) is 0 Å². The van der Waals surface area contributed by atoms with Crippen molar-refractivity contribution in [3.63, 3.8) is 0 Å². The number of carboxylic acid groups (broad SMARTS) is 1. The third kappa shape index (κ3) is 42.6. The van der Waals surface area contributed by atoms with Gasteiger partial charge in [-0.2, -0.15) is 0 Å². The Morgan fingerprint density at radius 1 is 0.500 bits per heavy atom. The summed E-state index contributed by atoms with van der Waals surface area (Å²) in [4.78, 5) is 37.0. The summed E-state index contributed by atoms with van der Waals surface area (Å²) in [6, 6.07) is -0.728. The number of carboxylic acids is 1. The molecule has 8 heteroatoms. The number of esters is 2. The number of carbonyl (C=O) groups is 3. The Bertz CT molecular complexity index is 1150. The maximum absolute atomic E-state index is 12.8. The Hall–Kier alpha value is -2.71. The molecule has 0 aliphatic rings. The van der Waals surface area contributed by atoms with E-state index in [-0.39, 0.29) is 42.7 Å². The van der Waals surface area contributed by atoms with E-state index in [9.17, 15) is 19.5 Å². The normalized spacial score (nSPS) is 13.2. The molecule has 0 aromatic carbocycles. The molecule has 0 aromatic heterocycles. The van der Waals surface area contributed by atoms with Gasteiger partial charge in [-0.25, -0.2) is 0 Å². The van der Waals surface area contributed by atoms with Crippen molar-refractivity contribution < 1.29 is 38.2 Å². The fourth-order valence-electron chi connectivity index (χ4n) is 7.53. The number of ether oxygens (including phenoxy) is 3. The highest BCUT2D eigenvalue weighted by Crippen LogP contribution is 2.16. The van der Waals surface area contributed by atoms with Gasteiger partial charge in [-0.3, -0.25) is 9.59 Å². The number of allylic oxidation sites excluding steroid dienone is 8. The molecule has 0 amide bonds. The molecular weight excluding hydrogens is 775 g/mol. The lowest BCUT2D eigenvalue weighted by molar-refractivity contribution is -0.889. The van der Waals surface area contributed by atoms with Crippen molar-refractivity contribution in [2.24, 2.45) is 0 Å². The fourth-order valence-corrected chi connectivity index (χ4v) is 7.53. The van der Waals surface area contributed by atoms with Crippen LogP contribution in [0.4, 0.5) is 0 Å². The number of carbonyl (C=O) groups excluding carboxylic acids is 3. The molecule has 0 radical (unpaired) electrons. The smallest absolute Gasteiger partial charge is 0.306 e. The number of hydrogen-bond donors (Lipinski definition) is 0. The van der Waals surface area contributed by atoms with Gasteiger partial charge in [0.15, 0.2) is 6.10 Å². The van der Waals surface area contributed by atoms with Gasteiger partial charge in [0.1, 0.15) is 12.6 Å². The van der Waals surface area contributed by atoms with Gasteiger partial charge in [0.25, 0.3) is 0 Å². The summed E-state index contributed by atoms with van der Waals surface area (Å²) in [5.74, 6) is -1.74. The monoisotopic (exact) mass is 872 g/mol. The molecule has 0 fully saturated rings. The predicted octanol–water partition coefficient (Wildman–Crippen LogP) is 13.4. The highest BCUT2D eigenvalue weighted by molar-refractivity contribution is 5.70. The number of nitrogens with zero attached hydrogens (tertiary/aromatic N) is 1. The van der Waals surface area contributed by atoms with Crippen LogP contribution < -0.4 is 5.11 Å². The van der Waals surface area contributed by atoms with E-state index in [4.69, 9.17) is 14.2 Å². The van der Waals surface area contributed by atoms with Gasteiger partial charge in [-0.05, 0) is 51.4 Å². The molecule has 360 valence electrons. The second kappa shape index (κ2) is 44.9. The molecular formula is C54H97NO7. The molecule has 8 nitrogen and oxygen atoms in total. The van der Waals surface area contributed by atoms with E-state index in [0.717, 1.165) is 77.0 Å². The first-order valence-electron chi connectivity index (χ1n) is 25.7. The number of likely N-dealkylation sites (N-methyl/N-ethyl adjacent to an activating group) is 1. The van der Waals surface area contributed by atoms with Crippen molar-refractivity contribution in [3.05, 3.63) is 48.6 Å². The van der Waals surface area contributed by atoms with E-state index in [2.05, 4.69) is 62.5 Å². The minimum absolute atomic E-state index is 0.0377. The zero-order valence-corrected chi connectivity index (χ0v) is 41.0. The van der Waals surface area contributed by atoms with Crippen LogP contribution in [0.15, 0.2) is 48.6 Å². The van der Waals surface area contributed by atoms with Crippen LogP contribution in [-0.2, 0) is 28.6 Å². The molecule has 0 spiro atoms. The van der Waals surface area contributed by atoms with Crippen LogP contribution in [0, 0.1) is 0 Å². The standard InChI is InChI=1S/C54H97NO7/c1-6-8-10-12-14-16-18-20-22-24-26-28-30-32-34-36-38-40-42-44-52(56)61-49-50(48-60-47-46-51(54(58)59)55(3,4)5)62-53(57)45-43-41-39-37-35-33-31-29-27-25-23-21-19-17-15-13-11-9-7-2/h8,10,14,16,20,22,26,28,50-51H,6-7,9,11-13,15,17-19,21,23-25,27,29-49H2,1-5H3/b10-8+,16-14+,22-20+,28-26+. The van der Waals surface area contributed by atoms with Crippen LogP contribution in [0.1, 0.15) is 226 Å². The number of quaternary nitrogens is 1. The lowest BCUT2D eigenvalue weighted by atomic mass is 10.0. The highest BCUT2D eigenvalue weighted by atomic mass is 16.6. The van der Waals surface area contributed by atoms with Crippen molar-refractivity contribution >= 4 is 17.9 Å². The van der Waals surface area contributed by atoms with Gasteiger partial charge < -0.3 is 28.6 Å². The molecule has 0 heterocycles.